The second kappa shape index (κ2) is 8.61. The fraction of sp³-hybridized carbons (Fsp3) is 0.381. The van der Waals surface area contributed by atoms with Crippen LogP contribution in [0.4, 0.5) is 5.69 Å². The van der Waals surface area contributed by atoms with Crippen LogP contribution < -0.4 is 10.2 Å². The summed E-state index contributed by atoms with van der Waals surface area (Å²) in [5.41, 5.74) is 3.55. The van der Waals surface area contributed by atoms with Crippen LogP contribution in [0.25, 0.3) is 0 Å². The van der Waals surface area contributed by atoms with E-state index in [0.717, 1.165) is 50.8 Å². The number of benzene rings is 2. The lowest BCUT2D eigenvalue weighted by atomic mass is 10.1. The summed E-state index contributed by atoms with van der Waals surface area (Å²) >= 11 is 0. The van der Waals surface area contributed by atoms with Gasteiger partial charge in [-0.1, -0.05) is 42.0 Å². The van der Waals surface area contributed by atoms with Crippen LogP contribution in [-0.4, -0.2) is 55.7 Å². The van der Waals surface area contributed by atoms with Crippen LogP contribution in [0.1, 0.15) is 11.1 Å². The molecule has 0 unspecified atom stereocenters. The third kappa shape index (κ3) is 4.48. The van der Waals surface area contributed by atoms with Crippen LogP contribution in [0.15, 0.2) is 53.5 Å². The molecule has 2 aromatic rings. The van der Waals surface area contributed by atoms with Gasteiger partial charge in [-0.25, -0.2) is 0 Å². The molecule has 0 spiro atoms. The lowest BCUT2D eigenvalue weighted by Crippen LogP contribution is -2.52. The number of anilines is 1. The highest BCUT2D eigenvalue weighted by Gasteiger charge is 2.21. The molecule has 0 saturated carbocycles. The Balaban J connectivity index is 1.50. The fourth-order valence-corrected chi connectivity index (χ4v) is 3.41. The summed E-state index contributed by atoms with van der Waals surface area (Å²) in [5.74, 6) is 1.30. The predicted octanol–water partition coefficient (Wildman–Crippen LogP) is 2.64. The van der Waals surface area contributed by atoms with Crippen LogP contribution in [0, 0.1) is 6.92 Å². The highest BCUT2D eigenvalue weighted by Crippen LogP contribution is 2.27. The number of aliphatic imine (C=N–C) groups is 1. The van der Waals surface area contributed by atoms with Gasteiger partial charge < -0.3 is 20.2 Å². The Morgan fingerprint density at radius 1 is 1.08 bits per heavy atom. The second-order valence-electron chi connectivity index (χ2n) is 6.68. The molecule has 26 heavy (non-hydrogen) atoms. The van der Waals surface area contributed by atoms with E-state index in [1.54, 1.807) is 6.07 Å². The first-order valence-corrected chi connectivity index (χ1v) is 9.21. The summed E-state index contributed by atoms with van der Waals surface area (Å²) in [7, 11) is 1.84. The lowest BCUT2D eigenvalue weighted by molar-refractivity contribution is 0.370. The Hall–Kier alpha value is -2.69. The Labute approximate surface area is 156 Å². The number of nitrogens with one attached hydrogen (secondary N) is 1. The number of phenols is 1. The van der Waals surface area contributed by atoms with E-state index in [2.05, 4.69) is 51.3 Å². The lowest BCUT2D eigenvalue weighted by Gasteiger charge is -2.37. The first-order valence-electron chi connectivity index (χ1n) is 9.21. The smallest absolute Gasteiger partial charge is 0.193 e. The van der Waals surface area contributed by atoms with E-state index in [1.807, 2.05) is 25.2 Å². The Morgan fingerprint density at radius 3 is 2.54 bits per heavy atom. The Kier molecular flexibility index (Phi) is 6.00. The SMILES string of the molecule is CN=C(NCCc1cccc(C)c1)N1CCN(c2ccccc2O)CC1. The number of rotatable bonds is 4. The van der Waals surface area contributed by atoms with Crippen LogP contribution >= 0.6 is 0 Å². The van der Waals surface area contributed by atoms with E-state index >= 15 is 0 Å². The third-order valence-corrected chi connectivity index (χ3v) is 4.79. The van der Waals surface area contributed by atoms with Gasteiger partial charge in [0, 0.05) is 39.8 Å². The summed E-state index contributed by atoms with van der Waals surface area (Å²) < 4.78 is 0. The molecule has 0 atom stereocenters. The van der Waals surface area contributed by atoms with Crippen LogP contribution in [0.5, 0.6) is 5.75 Å². The van der Waals surface area contributed by atoms with Gasteiger partial charge >= 0.3 is 0 Å². The van der Waals surface area contributed by atoms with E-state index in [-0.39, 0.29) is 0 Å². The minimum absolute atomic E-state index is 0.349. The van der Waals surface area contributed by atoms with E-state index in [0.29, 0.717) is 5.75 Å². The molecule has 1 saturated heterocycles. The molecule has 1 heterocycles. The molecule has 2 aromatic carbocycles. The molecule has 0 amide bonds. The fourth-order valence-electron chi connectivity index (χ4n) is 3.41. The number of phenolic OH excluding ortho intramolecular Hbond substituents is 1. The zero-order chi connectivity index (χ0) is 18.4. The van der Waals surface area contributed by atoms with Gasteiger partial charge in [-0.3, -0.25) is 4.99 Å². The van der Waals surface area contributed by atoms with Crippen molar-refractivity contribution in [2.75, 3.05) is 44.7 Å². The molecular weight excluding hydrogens is 324 g/mol. The van der Waals surface area contributed by atoms with Gasteiger partial charge in [0.1, 0.15) is 5.75 Å². The van der Waals surface area contributed by atoms with E-state index in [1.165, 1.54) is 11.1 Å². The molecule has 2 N–H and O–H groups in total. The normalized spacial score (nSPS) is 15.2. The van der Waals surface area contributed by atoms with Crippen LogP contribution in [-0.2, 0) is 6.42 Å². The van der Waals surface area contributed by atoms with Crippen molar-refractivity contribution in [2.45, 2.75) is 13.3 Å². The molecule has 1 aliphatic heterocycles. The van der Waals surface area contributed by atoms with E-state index in [4.69, 9.17) is 0 Å². The summed E-state index contributed by atoms with van der Waals surface area (Å²) in [4.78, 5) is 8.95. The molecule has 0 aliphatic carbocycles. The highest BCUT2D eigenvalue weighted by atomic mass is 16.3. The van der Waals surface area contributed by atoms with Crippen molar-refractivity contribution in [1.82, 2.24) is 10.2 Å². The largest absolute Gasteiger partial charge is 0.506 e. The Morgan fingerprint density at radius 2 is 1.85 bits per heavy atom. The van der Waals surface area contributed by atoms with Gasteiger partial charge in [-0.2, -0.15) is 0 Å². The minimum atomic E-state index is 0.349. The molecular formula is C21H28N4O. The van der Waals surface area contributed by atoms with Crippen molar-refractivity contribution in [2.24, 2.45) is 4.99 Å². The van der Waals surface area contributed by atoms with E-state index in [9.17, 15) is 5.11 Å². The summed E-state index contributed by atoms with van der Waals surface area (Å²) in [6.45, 7) is 6.51. The summed E-state index contributed by atoms with van der Waals surface area (Å²) in [6.07, 6.45) is 0.985. The number of nitrogens with zero attached hydrogens (tertiary/aromatic N) is 3. The quantitative estimate of drug-likeness (QED) is 0.656. The number of aromatic hydroxyl groups is 1. The zero-order valence-electron chi connectivity index (χ0n) is 15.7. The van der Waals surface area contributed by atoms with Crippen molar-refractivity contribution in [3.8, 4) is 5.75 Å². The number of piperazine rings is 1. The first kappa shape index (κ1) is 18.1. The predicted molar refractivity (Wildman–Crippen MR) is 108 cm³/mol. The number of hydrogen-bond acceptors (Lipinski definition) is 3. The van der Waals surface area contributed by atoms with Gasteiger partial charge in [0.2, 0.25) is 0 Å². The number of hydrogen-bond donors (Lipinski definition) is 2. The highest BCUT2D eigenvalue weighted by molar-refractivity contribution is 5.80. The molecule has 0 radical (unpaired) electrons. The molecule has 138 valence electrons. The van der Waals surface area contributed by atoms with Crippen molar-refractivity contribution in [1.29, 1.82) is 0 Å². The first-order chi connectivity index (χ1) is 12.7. The average molecular weight is 352 g/mol. The maximum Gasteiger partial charge on any atom is 0.193 e. The van der Waals surface area contributed by atoms with Crippen molar-refractivity contribution in [3.63, 3.8) is 0 Å². The number of aryl methyl sites for hydroxylation is 1. The van der Waals surface area contributed by atoms with Crippen molar-refractivity contribution < 1.29 is 5.11 Å². The zero-order valence-corrected chi connectivity index (χ0v) is 15.7. The van der Waals surface area contributed by atoms with E-state index < -0.39 is 0 Å². The number of guanidine groups is 1. The average Bonchev–Trinajstić information content (AvgIpc) is 2.66. The van der Waals surface area contributed by atoms with Crippen molar-refractivity contribution >= 4 is 11.6 Å². The standard InChI is InChI=1S/C21H28N4O/c1-17-6-5-7-18(16-17)10-11-23-21(22-2)25-14-12-24(13-15-25)19-8-3-4-9-20(19)26/h3-9,16,26H,10-15H2,1-2H3,(H,22,23). The molecule has 3 rings (SSSR count). The third-order valence-electron chi connectivity index (χ3n) is 4.79. The van der Waals surface area contributed by atoms with Gasteiger partial charge in [0.25, 0.3) is 0 Å². The van der Waals surface area contributed by atoms with Crippen LogP contribution in [0.2, 0.25) is 0 Å². The molecule has 5 nitrogen and oxygen atoms in total. The molecule has 0 bridgehead atoms. The second-order valence-corrected chi connectivity index (χ2v) is 6.68. The molecule has 5 heteroatoms. The molecule has 1 fully saturated rings. The maximum atomic E-state index is 10.0. The summed E-state index contributed by atoms with van der Waals surface area (Å²) in [5, 5.41) is 13.5. The molecule has 0 aromatic heterocycles. The number of para-hydroxylation sites is 2. The maximum absolute atomic E-state index is 10.0. The van der Waals surface area contributed by atoms with Gasteiger partial charge in [-0.15, -0.1) is 0 Å². The van der Waals surface area contributed by atoms with Gasteiger partial charge in [0.05, 0.1) is 5.69 Å². The topological polar surface area (TPSA) is 51.1 Å². The Bertz CT molecular complexity index is 751. The van der Waals surface area contributed by atoms with Gasteiger partial charge in [0.15, 0.2) is 5.96 Å². The van der Waals surface area contributed by atoms with Crippen molar-refractivity contribution in [3.05, 3.63) is 59.7 Å². The minimum Gasteiger partial charge on any atom is -0.506 e. The van der Waals surface area contributed by atoms with Gasteiger partial charge in [-0.05, 0) is 31.0 Å². The summed E-state index contributed by atoms with van der Waals surface area (Å²) in [6, 6.07) is 16.2. The van der Waals surface area contributed by atoms with Crippen LogP contribution in [0.3, 0.4) is 0 Å². The monoisotopic (exact) mass is 352 g/mol. The molecule has 1 aliphatic rings.